The van der Waals surface area contributed by atoms with Gasteiger partial charge in [0, 0.05) is 38.8 Å². The number of ether oxygens (including phenoxy) is 1. The number of hydrogen-bond acceptors (Lipinski definition) is 4. The van der Waals surface area contributed by atoms with Crippen LogP contribution in [-0.4, -0.2) is 54.7 Å². The van der Waals surface area contributed by atoms with Gasteiger partial charge in [0.2, 0.25) is 0 Å². The molecule has 0 spiro atoms. The fraction of sp³-hybridized carbons (Fsp3) is 0.600. The van der Waals surface area contributed by atoms with Crippen molar-refractivity contribution in [1.29, 1.82) is 0 Å². The van der Waals surface area contributed by atoms with Gasteiger partial charge in [0.1, 0.15) is 0 Å². The molecule has 2 aliphatic heterocycles. The Hall–Kier alpha value is -0.680. The topological polar surface area (TPSA) is 15.7 Å². The van der Waals surface area contributed by atoms with Crippen LogP contribution < -0.4 is 0 Å². The van der Waals surface area contributed by atoms with Gasteiger partial charge in [-0.15, -0.1) is 6.58 Å². The summed E-state index contributed by atoms with van der Waals surface area (Å²) in [6.07, 6.45) is 3.43. The zero-order valence-electron chi connectivity index (χ0n) is 11.3. The van der Waals surface area contributed by atoms with Crippen LogP contribution in [0.2, 0.25) is 0 Å². The number of thiophene rings is 1. The summed E-state index contributed by atoms with van der Waals surface area (Å²) in [6.45, 7) is 10.2. The van der Waals surface area contributed by atoms with Gasteiger partial charge < -0.3 is 4.74 Å². The van der Waals surface area contributed by atoms with Crippen LogP contribution in [0, 0.1) is 0 Å². The first kappa shape index (κ1) is 13.3. The first-order valence-electron chi connectivity index (χ1n) is 7.05. The standard InChI is InChI=1S/C15H22N2OS/c1-2-6-18-15-8-14-10-16(4-5-17(14)11-15)9-13-3-7-19-12-13/h2-3,7,12,14-15H,1,4-6,8-11H2/t14-,15-/m1/s1. The van der Waals surface area contributed by atoms with Gasteiger partial charge in [0.25, 0.3) is 0 Å². The molecule has 104 valence electrons. The summed E-state index contributed by atoms with van der Waals surface area (Å²) in [4.78, 5) is 5.18. The summed E-state index contributed by atoms with van der Waals surface area (Å²) in [7, 11) is 0. The maximum Gasteiger partial charge on any atom is 0.0721 e. The Morgan fingerprint density at radius 2 is 2.37 bits per heavy atom. The summed E-state index contributed by atoms with van der Waals surface area (Å²) >= 11 is 1.79. The van der Waals surface area contributed by atoms with Gasteiger partial charge in [0.15, 0.2) is 0 Å². The average molecular weight is 278 g/mol. The molecule has 1 aromatic rings. The Morgan fingerprint density at radius 1 is 1.42 bits per heavy atom. The number of piperazine rings is 1. The molecule has 0 aliphatic carbocycles. The van der Waals surface area contributed by atoms with Crippen LogP contribution in [0.1, 0.15) is 12.0 Å². The Bertz CT molecular complexity index is 406. The molecule has 0 aromatic carbocycles. The van der Waals surface area contributed by atoms with Gasteiger partial charge in [-0.25, -0.2) is 0 Å². The first-order valence-corrected chi connectivity index (χ1v) is 7.99. The van der Waals surface area contributed by atoms with Crippen molar-refractivity contribution in [3.8, 4) is 0 Å². The molecule has 3 nitrogen and oxygen atoms in total. The lowest BCUT2D eigenvalue weighted by atomic mass is 10.1. The maximum absolute atomic E-state index is 5.81. The highest BCUT2D eigenvalue weighted by atomic mass is 32.1. The minimum atomic E-state index is 0.407. The van der Waals surface area contributed by atoms with Crippen LogP contribution in [0.15, 0.2) is 29.5 Å². The van der Waals surface area contributed by atoms with E-state index in [9.17, 15) is 0 Å². The Kier molecular flexibility index (Phi) is 4.33. The fourth-order valence-electron chi connectivity index (χ4n) is 3.17. The number of nitrogens with zero attached hydrogens (tertiary/aromatic N) is 2. The molecule has 19 heavy (non-hydrogen) atoms. The molecule has 0 bridgehead atoms. The van der Waals surface area contributed by atoms with E-state index in [2.05, 4.69) is 33.2 Å². The fourth-order valence-corrected chi connectivity index (χ4v) is 3.83. The van der Waals surface area contributed by atoms with Crippen molar-refractivity contribution in [2.24, 2.45) is 0 Å². The largest absolute Gasteiger partial charge is 0.373 e. The molecule has 2 fully saturated rings. The third-order valence-electron chi connectivity index (χ3n) is 4.10. The number of fused-ring (bicyclic) bond motifs is 1. The SMILES string of the molecule is C=CCO[C@@H]1C[C@@H]2CN(Cc3ccsc3)CCN2C1. The van der Waals surface area contributed by atoms with Crippen LogP contribution in [0.25, 0.3) is 0 Å². The normalized spacial score (nSPS) is 28.4. The molecule has 0 unspecified atom stereocenters. The van der Waals surface area contributed by atoms with Crippen LogP contribution in [0.3, 0.4) is 0 Å². The van der Waals surface area contributed by atoms with Gasteiger partial charge in [-0.2, -0.15) is 11.3 Å². The van der Waals surface area contributed by atoms with Gasteiger partial charge in [-0.05, 0) is 28.8 Å². The average Bonchev–Trinajstić information content (AvgIpc) is 3.04. The summed E-state index contributed by atoms with van der Waals surface area (Å²) in [6, 6.07) is 2.92. The van der Waals surface area contributed by atoms with E-state index in [1.165, 1.54) is 31.6 Å². The summed E-state index contributed by atoms with van der Waals surface area (Å²) in [5.41, 5.74) is 1.45. The quantitative estimate of drug-likeness (QED) is 0.768. The highest BCUT2D eigenvalue weighted by molar-refractivity contribution is 7.07. The van der Waals surface area contributed by atoms with Crippen molar-refractivity contribution in [3.05, 3.63) is 35.0 Å². The summed E-state index contributed by atoms with van der Waals surface area (Å²) in [5, 5.41) is 4.43. The van der Waals surface area contributed by atoms with E-state index in [4.69, 9.17) is 4.74 Å². The number of hydrogen-bond donors (Lipinski definition) is 0. The van der Waals surface area contributed by atoms with Crippen molar-refractivity contribution in [3.63, 3.8) is 0 Å². The lowest BCUT2D eigenvalue weighted by Gasteiger charge is -2.37. The molecule has 0 N–H and O–H groups in total. The molecule has 4 heteroatoms. The predicted molar refractivity (Wildman–Crippen MR) is 79.5 cm³/mol. The van der Waals surface area contributed by atoms with Gasteiger partial charge in [-0.3, -0.25) is 9.80 Å². The van der Waals surface area contributed by atoms with E-state index in [0.29, 0.717) is 18.8 Å². The van der Waals surface area contributed by atoms with Crippen LogP contribution in [0.4, 0.5) is 0 Å². The third-order valence-corrected chi connectivity index (χ3v) is 4.83. The lowest BCUT2D eigenvalue weighted by molar-refractivity contribution is 0.0759. The zero-order valence-corrected chi connectivity index (χ0v) is 12.1. The van der Waals surface area contributed by atoms with E-state index in [0.717, 1.165) is 13.1 Å². The van der Waals surface area contributed by atoms with Crippen LogP contribution >= 0.6 is 11.3 Å². The predicted octanol–water partition coefficient (Wildman–Crippen LogP) is 2.21. The van der Waals surface area contributed by atoms with Crippen molar-refractivity contribution in [2.75, 3.05) is 32.8 Å². The van der Waals surface area contributed by atoms with Crippen molar-refractivity contribution in [1.82, 2.24) is 9.80 Å². The van der Waals surface area contributed by atoms with E-state index in [1.54, 1.807) is 11.3 Å². The van der Waals surface area contributed by atoms with Gasteiger partial charge in [-0.1, -0.05) is 6.08 Å². The van der Waals surface area contributed by atoms with E-state index >= 15 is 0 Å². The smallest absolute Gasteiger partial charge is 0.0721 e. The molecule has 0 radical (unpaired) electrons. The molecule has 2 aliphatic rings. The van der Waals surface area contributed by atoms with Gasteiger partial charge >= 0.3 is 0 Å². The zero-order chi connectivity index (χ0) is 13.1. The Labute approximate surface area is 119 Å². The molecule has 3 rings (SSSR count). The second kappa shape index (κ2) is 6.18. The highest BCUT2D eigenvalue weighted by Crippen LogP contribution is 2.25. The summed E-state index contributed by atoms with van der Waals surface area (Å²) in [5.74, 6) is 0. The van der Waals surface area contributed by atoms with E-state index in [1.807, 2.05) is 6.08 Å². The van der Waals surface area contributed by atoms with Crippen molar-refractivity contribution >= 4 is 11.3 Å². The first-order chi connectivity index (χ1) is 9.35. The third kappa shape index (κ3) is 3.26. The highest BCUT2D eigenvalue weighted by Gasteiger charge is 2.36. The number of rotatable bonds is 5. The minimum absolute atomic E-state index is 0.407. The van der Waals surface area contributed by atoms with Crippen molar-refractivity contribution < 1.29 is 4.74 Å². The molecule has 2 saturated heterocycles. The lowest BCUT2D eigenvalue weighted by Crippen LogP contribution is -2.49. The molecule has 0 amide bonds. The van der Waals surface area contributed by atoms with Crippen LogP contribution in [-0.2, 0) is 11.3 Å². The van der Waals surface area contributed by atoms with E-state index < -0.39 is 0 Å². The molecule has 1 aromatic heterocycles. The van der Waals surface area contributed by atoms with Crippen molar-refractivity contribution in [2.45, 2.75) is 25.1 Å². The molecule has 0 saturated carbocycles. The maximum atomic E-state index is 5.81. The summed E-state index contributed by atoms with van der Waals surface area (Å²) < 4.78 is 5.81. The Balaban J connectivity index is 1.51. The second-order valence-corrected chi connectivity index (χ2v) is 6.28. The Morgan fingerprint density at radius 3 is 3.16 bits per heavy atom. The minimum Gasteiger partial charge on any atom is -0.373 e. The second-order valence-electron chi connectivity index (χ2n) is 5.50. The molecule has 2 atom stereocenters. The van der Waals surface area contributed by atoms with E-state index in [-0.39, 0.29) is 0 Å². The molecular weight excluding hydrogens is 256 g/mol. The molecule has 3 heterocycles. The van der Waals surface area contributed by atoms with Gasteiger partial charge in [0.05, 0.1) is 12.7 Å². The molecular formula is C15H22N2OS. The van der Waals surface area contributed by atoms with Crippen LogP contribution in [0.5, 0.6) is 0 Å². The monoisotopic (exact) mass is 278 g/mol.